The summed E-state index contributed by atoms with van der Waals surface area (Å²) < 4.78 is 12.3. The molecule has 0 unspecified atom stereocenters. The maximum absolute atomic E-state index is 12.3. The molecule has 0 bridgehead atoms. The Labute approximate surface area is 50.7 Å². The number of benzene rings is 1. The molecule has 0 spiro atoms. The molecule has 0 N–H and O–H groups in total. The molecule has 1 aliphatic heterocycles. The maximum Gasteiger partial charge on any atom is 0.138 e. The molecule has 0 saturated heterocycles. The minimum atomic E-state index is -0.0764. The SMILES string of the molecule is Fc1cccc2c1S2. The predicted molar refractivity (Wildman–Crippen MR) is 30.5 cm³/mol. The lowest BCUT2D eigenvalue weighted by Gasteiger charge is -1.76. The van der Waals surface area contributed by atoms with Gasteiger partial charge in [0.15, 0.2) is 0 Å². The van der Waals surface area contributed by atoms with E-state index in [2.05, 4.69) is 0 Å². The van der Waals surface area contributed by atoms with Crippen molar-refractivity contribution in [3.8, 4) is 0 Å². The van der Waals surface area contributed by atoms with E-state index >= 15 is 0 Å². The summed E-state index contributed by atoms with van der Waals surface area (Å²) in [5.41, 5.74) is 0. The van der Waals surface area contributed by atoms with Crippen LogP contribution in [0, 0.1) is 5.82 Å². The Kier molecular flexibility index (Phi) is 0.690. The molecule has 1 aromatic rings. The van der Waals surface area contributed by atoms with Gasteiger partial charge in [0, 0.05) is 4.90 Å². The summed E-state index contributed by atoms with van der Waals surface area (Å²) in [7, 11) is 0. The summed E-state index contributed by atoms with van der Waals surface area (Å²) in [6.45, 7) is 0. The van der Waals surface area contributed by atoms with Gasteiger partial charge in [-0.2, -0.15) is 0 Å². The molecule has 8 heavy (non-hydrogen) atoms. The average Bonchev–Trinajstić information content (AvgIpc) is 2.45. The molecule has 0 amide bonds. The van der Waals surface area contributed by atoms with Crippen LogP contribution in [-0.4, -0.2) is 0 Å². The van der Waals surface area contributed by atoms with Crippen molar-refractivity contribution in [2.75, 3.05) is 0 Å². The maximum atomic E-state index is 12.3. The fraction of sp³-hybridized carbons (Fsp3) is 0. The van der Waals surface area contributed by atoms with Crippen molar-refractivity contribution in [3.63, 3.8) is 0 Å². The van der Waals surface area contributed by atoms with E-state index in [1.807, 2.05) is 6.07 Å². The van der Waals surface area contributed by atoms with Crippen LogP contribution in [0.5, 0.6) is 0 Å². The summed E-state index contributed by atoms with van der Waals surface area (Å²) in [5.74, 6) is -0.0764. The van der Waals surface area contributed by atoms with E-state index in [0.717, 1.165) is 9.79 Å². The van der Waals surface area contributed by atoms with Gasteiger partial charge in [-0.15, -0.1) is 0 Å². The molecular weight excluding hydrogens is 123 g/mol. The molecule has 2 heteroatoms. The predicted octanol–water partition coefficient (Wildman–Crippen LogP) is 2.29. The standard InChI is InChI=1S/C6H3FS/c7-4-2-1-3-5-6(4)8-5/h1-3H. The highest BCUT2D eigenvalue weighted by atomic mass is 32.2. The van der Waals surface area contributed by atoms with E-state index in [4.69, 9.17) is 0 Å². The largest absolute Gasteiger partial charge is 0.206 e. The first-order valence-corrected chi connectivity index (χ1v) is 3.16. The van der Waals surface area contributed by atoms with Crippen molar-refractivity contribution in [1.82, 2.24) is 0 Å². The van der Waals surface area contributed by atoms with E-state index in [-0.39, 0.29) is 5.82 Å². The van der Waals surface area contributed by atoms with Crippen LogP contribution in [0.2, 0.25) is 0 Å². The Morgan fingerprint density at radius 2 is 2.25 bits per heavy atom. The second-order valence-electron chi connectivity index (χ2n) is 1.67. The Balaban J connectivity index is 2.70. The lowest BCUT2D eigenvalue weighted by molar-refractivity contribution is 0.602. The van der Waals surface area contributed by atoms with Crippen molar-refractivity contribution in [1.29, 1.82) is 0 Å². The fourth-order valence-corrected chi connectivity index (χ4v) is 1.30. The fourth-order valence-electron chi connectivity index (χ4n) is 0.656. The summed E-state index contributed by atoms with van der Waals surface area (Å²) >= 11 is 1.51. The molecular formula is C6H3FS. The molecule has 1 aliphatic rings. The van der Waals surface area contributed by atoms with Crippen LogP contribution in [0.15, 0.2) is 28.0 Å². The molecule has 0 aliphatic carbocycles. The van der Waals surface area contributed by atoms with Gasteiger partial charge in [-0.3, -0.25) is 0 Å². The first-order valence-electron chi connectivity index (χ1n) is 2.34. The lowest BCUT2D eigenvalue weighted by atomic mass is 10.4. The van der Waals surface area contributed by atoms with Crippen LogP contribution in [0.3, 0.4) is 0 Å². The van der Waals surface area contributed by atoms with Crippen LogP contribution >= 0.6 is 11.8 Å². The molecule has 1 aromatic carbocycles. The van der Waals surface area contributed by atoms with Gasteiger partial charge in [0.25, 0.3) is 0 Å². The van der Waals surface area contributed by atoms with Crippen LogP contribution in [0.1, 0.15) is 0 Å². The normalized spacial score (nSPS) is 13.1. The minimum Gasteiger partial charge on any atom is -0.206 e. The average molecular weight is 126 g/mol. The number of fused-ring (bicyclic) bond motifs is 1. The van der Waals surface area contributed by atoms with Gasteiger partial charge in [-0.25, -0.2) is 4.39 Å². The summed E-state index contributed by atoms with van der Waals surface area (Å²) in [5, 5.41) is 0. The Hall–Kier alpha value is -0.500. The summed E-state index contributed by atoms with van der Waals surface area (Å²) in [6.07, 6.45) is 0. The van der Waals surface area contributed by atoms with Crippen molar-refractivity contribution in [2.45, 2.75) is 9.79 Å². The van der Waals surface area contributed by atoms with Crippen molar-refractivity contribution in [2.24, 2.45) is 0 Å². The molecule has 1 heterocycles. The van der Waals surface area contributed by atoms with Gasteiger partial charge in [0.2, 0.25) is 0 Å². The number of halogens is 1. The molecule has 0 aromatic heterocycles. The third-order valence-electron chi connectivity index (χ3n) is 1.10. The van der Waals surface area contributed by atoms with Gasteiger partial charge >= 0.3 is 0 Å². The van der Waals surface area contributed by atoms with E-state index in [1.165, 1.54) is 17.8 Å². The van der Waals surface area contributed by atoms with Gasteiger partial charge in [-0.1, -0.05) is 17.8 Å². The molecule has 0 nitrogen and oxygen atoms in total. The molecule has 0 fully saturated rings. The first kappa shape index (κ1) is 4.39. The monoisotopic (exact) mass is 126 g/mol. The van der Waals surface area contributed by atoms with Gasteiger partial charge in [-0.05, 0) is 12.1 Å². The van der Waals surface area contributed by atoms with E-state index in [1.54, 1.807) is 6.07 Å². The Bertz CT molecular complexity index is 232. The van der Waals surface area contributed by atoms with Crippen LogP contribution in [-0.2, 0) is 0 Å². The van der Waals surface area contributed by atoms with Crippen molar-refractivity contribution in [3.05, 3.63) is 24.0 Å². The minimum absolute atomic E-state index is 0.0764. The molecule has 0 saturated carbocycles. The highest BCUT2D eigenvalue weighted by Crippen LogP contribution is 2.49. The van der Waals surface area contributed by atoms with Gasteiger partial charge < -0.3 is 0 Å². The second kappa shape index (κ2) is 1.26. The van der Waals surface area contributed by atoms with E-state index in [0.29, 0.717) is 0 Å². The van der Waals surface area contributed by atoms with Crippen molar-refractivity contribution < 1.29 is 4.39 Å². The molecule has 0 atom stereocenters. The zero-order valence-electron chi connectivity index (χ0n) is 4.02. The molecule has 0 radical (unpaired) electrons. The summed E-state index contributed by atoms with van der Waals surface area (Å²) in [6, 6.07) is 5.14. The number of hydrogen-bond acceptors (Lipinski definition) is 1. The summed E-state index contributed by atoms with van der Waals surface area (Å²) in [4.78, 5) is 1.91. The van der Waals surface area contributed by atoms with Crippen LogP contribution < -0.4 is 0 Å². The number of rotatable bonds is 0. The molecule has 40 valence electrons. The third-order valence-corrected chi connectivity index (χ3v) is 2.08. The van der Waals surface area contributed by atoms with E-state index in [9.17, 15) is 4.39 Å². The van der Waals surface area contributed by atoms with E-state index < -0.39 is 0 Å². The smallest absolute Gasteiger partial charge is 0.138 e. The quantitative estimate of drug-likeness (QED) is 0.488. The zero-order chi connectivity index (χ0) is 5.56. The van der Waals surface area contributed by atoms with Crippen LogP contribution in [0.4, 0.5) is 4.39 Å². The zero-order valence-corrected chi connectivity index (χ0v) is 4.83. The van der Waals surface area contributed by atoms with Gasteiger partial charge in [0.1, 0.15) is 5.82 Å². The number of hydrogen-bond donors (Lipinski definition) is 0. The Morgan fingerprint density at radius 3 is 2.88 bits per heavy atom. The van der Waals surface area contributed by atoms with Crippen molar-refractivity contribution >= 4 is 11.8 Å². The van der Waals surface area contributed by atoms with Crippen LogP contribution in [0.25, 0.3) is 0 Å². The first-order chi connectivity index (χ1) is 3.88. The molecule has 2 rings (SSSR count). The topological polar surface area (TPSA) is 0 Å². The Morgan fingerprint density at radius 1 is 1.38 bits per heavy atom. The third kappa shape index (κ3) is 0.464. The highest BCUT2D eigenvalue weighted by Gasteiger charge is 2.21. The van der Waals surface area contributed by atoms with Gasteiger partial charge in [0.05, 0.1) is 4.90 Å². The highest BCUT2D eigenvalue weighted by molar-refractivity contribution is 8.05. The second-order valence-corrected chi connectivity index (χ2v) is 2.72. The lowest BCUT2D eigenvalue weighted by Crippen LogP contribution is -1.63.